The highest BCUT2D eigenvalue weighted by molar-refractivity contribution is 6.30. The number of amides is 1. The third-order valence-corrected chi connectivity index (χ3v) is 3.29. The number of rotatable bonds is 1. The molecule has 0 aromatic heterocycles. The molecule has 2 rings (SSSR count). The van der Waals surface area contributed by atoms with Gasteiger partial charge in [-0.3, -0.25) is 0 Å². The van der Waals surface area contributed by atoms with Gasteiger partial charge >= 0.3 is 6.09 Å². The Bertz CT molecular complexity index is 377. The molecule has 1 saturated heterocycles. The van der Waals surface area contributed by atoms with E-state index < -0.39 is 6.09 Å². The molecule has 86 valence electrons. The Hall–Kier alpha value is -1.22. The van der Waals surface area contributed by atoms with Crippen LogP contribution in [0.4, 0.5) is 4.79 Å². The summed E-state index contributed by atoms with van der Waals surface area (Å²) in [6, 6.07) is 7.68. The minimum atomic E-state index is -0.821. The zero-order valence-corrected chi connectivity index (χ0v) is 9.65. The Morgan fingerprint density at radius 3 is 2.69 bits per heavy atom. The Kier molecular flexibility index (Phi) is 3.34. The van der Waals surface area contributed by atoms with Gasteiger partial charge in [0.25, 0.3) is 0 Å². The Balaban J connectivity index is 2.09. The van der Waals surface area contributed by atoms with Crippen LogP contribution in [-0.2, 0) is 0 Å². The van der Waals surface area contributed by atoms with Gasteiger partial charge < -0.3 is 10.0 Å². The largest absolute Gasteiger partial charge is 0.465 e. The summed E-state index contributed by atoms with van der Waals surface area (Å²) in [6.45, 7) is 1.25. The molecule has 4 heteroatoms. The lowest BCUT2D eigenvalue weighted by Gasteiger charge is -2.30. The van der Waals surface area contributed by atoms with Crippen molar-refractivity contribution in [1.82, 2.24) is 4.90 Å². The number of carbonyl (C=O) groups is 1. The summed E-state index contributed by atoms with van der Waals surface area (Å²) in [6.07, 6.45) is 1.16. The van der Waals surface area contributed by atoms with Gasteiger partial charge in [-0.2, -0.15) is 0 Å². The molecule has 1 amide bonds. The van der Waals surface area contributed by atoms with Crippen molar-refractivity contribution in [2.75, 3.05) is 13.1 Å². The molecule has 0 saturated carbocycles. The van der Waals surface area contributed by atoms with E-state index in [1.807, 2.05) is 24.3 Å². The van der Waals surface area contributed by atoms with E-state index in [4.69, 9.17) is 16.7 Å². The smallest absolute Gasteiger partial charge is 0.407 e. The zero-order chi connectivity index (χ0) is 11.5. The van der Waals surface area contributed by atoms with E-state index in [1.54, 1.807) is 0 Å². The molecule has 1 aliphatic rings. The first-order valence-electron chi connectivity index (χ1n) is 5.40. The van der Waals surface area contributed by atoms with Crippen molar-refractivity contribution >= 4 is 17.7 Å². The van der Waals surface area contributed by atoms with Crippen LogP contribution in [0, 0.1) is 0 Å². The molecule has 1 aromatic rings. The lowest BCUT2D eigenvalue weighted by atomic mass is 9.91. The molecule has 0 bridgehead atoms. The van der Waals surface area contributed by atoms with E-state index in [9.17, 15) is 4.79 Å². The van der Waals surface area contributed by atoms with Gasteiger partial charge in [-0.25, -0.2) is 4.79 Å². The second kappa shape index (κ2) is 4.74. The van der Waals surface area contributed by atoms with Crippen LogP contribution in [0.25, 0.3) is 0 Å². The molecular formula is C12H14ClNO2. The number of benzene rings is 1. The van der Waals surface area contributed by atoms with Crippen molar-refractivity contribution in [2.24, 2.45) is 0 Å². The summed E-state index contributed by atoms with van der Waals surface area (Å²) < 4.78 is 0. The van der Waals surface area contributed by atoms with Gasteiger partial charge in [0.2, 0.25) is 0 Å². The summed E-state index contributed by atoms with van der Waals surface area (Å²) in [4.78, 5) is 12.4. The van der Waals surface area contributed by atoms with Gasteiger partial charge in [0.05, 0.1) is 0 Å². The standard InChI is InChI=1S/C12H14ClNO2/c13-11-5-3-9(4-6-11)10-2-1-7-14(8-10)12(15)16/h3-6,10H,1-2,7-8H2,(H,15,16). The fourth-order valence-corrected chi connectivity index (χ4v) is 2.28. The zero-order valence-electron chi connectivity index (χ0n) is 8.90. The summed E-state index contributed by atoms with van der Waals surface area (Å²) in [5, 5.41) is 9.67. The summed E-state index contributed by atoms with van der Waals surface area (Å²) in [7, 11) is 0. The van der Waals surface area contributed by atoms with Crippen molar-refractivity contribution in [3.05, 3.63) is 34.9 Å². The van der Waals surface area contributed by atoms with E-state index in [1.165, 1.54) is 10.5 Å². The van der Waals surface area contributed by atoms with E-state index in [2.05, 4.69) is 0 Å². The predicted octanol–water partition coefficient (Wildman–Crippen LogP) is 3.20. The number of halogens is 1. The van der Waals surface area contributed by atoms with Crippen LogP contribution >= 0.6 is 11.6 Å². The molecule has 1 aliphatic heterocycles. The third kappa shape index (κ3) is 2.47. The molecule has 1 fully saturated rings. The number of hydrogen-bond donors (Lipinski definition) is 1. The van der Waals surface area contributed by atoms with Gasteiger partial charge in [-0.1, -0.05) is 23.7 Å². The monoisotopic (exact) mass is 239 g/mol. The summed E-state index contributed by atoms with van der Waals surface area (Å²) in [5.41, 5.74) is 1.18. The average molecular weight is 240 g/mol. The lowest BCUT2D eigenvalue weighted by Crippen LogP contribution is -2.38. The first-order chi connectivity index (χ1) is 7.66. The van der Waals surface area contributed by atoms with E-state index >= 15 is 0 Å². The van der Waals surface area contributed by atoms with Gasteiger partial charge in [0, 0.05) is 24.0 Å². The normalized spacial score (nSPS) is 20.8. The minimum Gasteiger partial charge on any atom is -0.465 e. The third-order valence-electron chi connectivity index (χ3n) is 3.03. The fourth-order valence-electron chi connectivity index (χ4n) is 2.16. The second-order valence-corrected chi connectivity index (χ2v) is 4.56. The molecule has 1 unspecified atom stereocenters. The number of piperidine rings is 1. The summed E-state index contributed by atoms with van der Waals surface area (Å²) in [5.74, 6) is 0.308. The maximum Gasteiger partial charge on any atom is 0.407 e. The van der Waals surface area contributed by atoms with Crippen molar-refractivity contribution in [3.8, 4) is 0 Å². The topological polar surface area (TPSA) is 40.5 Å². The SMILES string of the molecule is O=C(O)N1CCCC(c2ccc(Cl)cc2)C1. The fraction of sp³-hybridized carbons (Fsp3) is 0.417. The summed E-state index contributed by atoms with van der Waals surface area (Å²) >= 11 is 5.83. The highest BCUT2D eigenvalue weighted by Crippen LogP contribution is 2.27. The Morgan fingerprint density at radius 2 is 2.06 bits per heavy atom. The molecule has 0 aliphatic carbocycles. The highest BCUT2D eigenvalue weighted by atomic mass is 35.5. The van der Waals surface area contributed by atoms with Crippen molar-refractivity contribution in [3.63, 3.8) is 0 Å². The first kappa shape index (κ1) is 11.3. The number of carboxylic acid groups (broad SMARTS) is 1. The van der Waals surface area contributed by atoms with E-state index in [0.29, 0.717) is 19.0 Å². The average Bonchev–Trinajstić information content (AvgIpc) is 2.30. The molecule has 0 radical (unpaired) electrons. The molecule has 16 heavy (non-hydrogen) atoms. The predicted molar refractivity (Wildman–Crippen MR) is 63.0 cm³/mol. The minimum absolute atomic E-state index is 0.308. The quantitative estimate of drug-likeness (QED) is 0.818. The van der Waals surface area contributed by atoms with E-state index in [0.717, 1.165) is 17.9 Å². The maximum absolute atomic E-state index is 10.9. The van der Waals surface area contributed by atoms with Crippen LogP contribution in [0.15, 0.2) is 24.3 Å². The highest BCUT2D eigenvalue weighted by Gasteiger charge is 2.23. The molecule has 1 atom stereocenters. The molecule has 1 aromatic carbocycles. The van der Waals surface area contributed by atoms with Gasteiger partial charge in [0.15, 0.2) is 0 Å². The Labute approximate surface area is 99.6 Å². The van der Waals surface area contributed by atoms with Crippen LogP contribution in [0.2, 0.25) is 5.02 Å². The number of likely N-dealkylation sites (tertiary alicyclic amines) is 1. The van der Waals surface area contributed by atoms with Crippen molar-refractivity contribution in [2.45, 2.75) is 18.8 Å². The molecule has 0 spiro atoms. The first-order valence-corrected chi connectivity index (χ1v) is 5.78. The maximum atomic E-state index is 10.9. The Morgan fingerprint density at radius 1 is 1.38 bits per heavy atom. The van der Waals surface area contributed by atoms with Crippen LogP contribution in [0.3, 0.4) is 0 Å². The lowest BCUT2D eigenvalue weighted by molar-refractivity contribution is 0.130. The molecule has 1 N–H and O–H groups in total. The van der Waals surface area contributed by atoms with Crippen molar-refractivity contribution in [1.29, 1.82) is 0 Å². The number of hydrogen-bond acceptors (Lipinski definition) is 1. The second-order valence-electron chi connectivity index (χ2n) is 4.12. The van der Waals surface area contributed by atoms with Gasteiger partial charge in [-0.05, 0) is 30.5 Å². The van der Waals surface area contributed by atoms with Crippen LogP contribution in [0.1, 0.15) is 24.3 Å². The van der Waals surface area contributed by atoms with E-state index in [-0.39, 0.29) is 0 Å². The van der Waals surface area contributed by atoms with Gasteiger partial charge in [-0.15, -0.1) is 0 Å². The molecular weight excluding hydrogens is 226 g/mol. The van der Waals surface area contributed by atoms with Crippen LogP contribution in [-0.4, -0.2) is 29.2 Å². The van der Waals surface area contributed by atoms with Gasteiger partial charge in [0.1, 0.15) is 0 Å². The number of nitrogens with zero attached hydrogens (tertiary/aromatic N) is 1. The van der Waals surface area contributed by atoms with Crippen LogP contribution in [0.5, 0.6) is 0 Å². The molecule has 1 heterocycles. The van der Waals surface area contributed by atoms with Crippen LogP contribution < -0.4 is 0 Å². The van der Waals surface area contributed by atoms with Crippen molar-refractivity contribution < 1.29 is 9.90 Å². The molecule has 3 nitrogen and oxygen atoms in total.